The molecule has 98 valence electrons. The van der Waals surface area contributed by atoms with Gasteiger partial charge in [-0.1, -0.05) is 12.8 Å². The van der Waals surface area contributed by atoms with E-state index >= 15 is 0 Å². The Labute approximate surface area is 110 Å². The third-order valence-electron chi connectivity index (χ3n) is 4.20. The van der Waals surface area contributed by atoms with Gasteiger partial charge in [-0.05, 0) is 44.9 Å². The van der Waals surface area contributed by atoms with Gasteiger partial charge in [-0.2, -0.15) is 0 Å². The molecule has 3 heteroatoms. The number of rotatable bonds is 4. The summed E-state index contributed by atoms with van der Waals surface area (Å²) >= 11 is 0. The first-order valence-electron chi connectivity index (χ1n) is 7.31. The second-order valence-electron chi connectivity index (χ2n) is 5.88. The summed E-state index contributed by atoms with van der Waals surface area (Å²) in [5.41, 5.74) is 2.73. The Bertz CT molecular complexity index is 438. The molecule has 2 aliphatic carbocycles. The zero-order chi connectivity index (χ0) is 12.5. The molecule has 0 radical (unpaired) electrons. The van der Waals surface area contributed by atoms with E-state index < -0.39 is 0 Å². The molecule has 0 aromatic carbocycles. The largest absolute Gasteiger partial charge is 0.359 e. The van der Waals surface area contributed by atoms with Crippen LogP contribution in [0.5, 0.6) is 0 Å². The molecular formula is C15H23N3. The van der Waals surface area contributed by atoms with Crippen molar-refractivity contribution in [2.45, 2.75) is 51.9 Å². The summed E-state index contributed by atoms with van der Waals surface area (Å²) in [5, 5.41) is 0. The summed E-state index contributed by atoms with van der Waals surface area (Å²) in [4.78, 5) is 11.7. The van der Waals surface area contributed by atoms with Gasteiger partial charge in [-0.25, -0.2) is 9.97 Å². The van der Waals surface area contributed by atoms with E-state index in [2.05, 4.69) is 16.9 Å². The summed E-state index contributed by atoms with van der Waals surface area (Å²) in [6.45, 7) is 3.17. The average molecular weight is 245 g/mol. The highest BCUT2D eigenvalue weighted by Gasteiger charge is 2.23. The fourth-order valence-corrected chi connectivity index (χ4v) is 2.90. The Morgan fingerprint density at radius 1 is 1.17 bits per heavy atom. The molecule has 1 aromatic heterocycles. The van der Waals surface area contributed by atoms with Crippen molar-refractivity contribution in [3.63, 3.8) is 0 Å². The van der Waals surface area contributed by atoms with Crippen LogP contribution in [0, 0.1) is 12.8 Å². The lowest BCUT2D eigenvalue weighted by molar-refractivity contribution is 0.646. The second-order valence-corrected chi connectivity index (χ2v) is 5.88. The predicted octanol–water partition coefficient (Wildman–Crippen LogP) is 2.90. The van der Waals surface area contributed by atoms with Crippen LogP contribution in [0.4, 0.5) is 5.82 Å². The molecule has 3 nitrogen and oxygen atoms in total. The first kappa shape index (κ1) is 11.9. The third kappa shape index (κ3) is 2.50. The molecule has 0 spiro atoms. The third-order valence-corrected chi connectivity index (χ3v) is 4.20. The number of nitrogens with zero attached hydrogens (tertiary/aromatic N) is 3. The van der Waals surface area contributed by atoms with E-state index in [1.807, 2.05) is 6.92 Å². The Hall–Kier alpha value is -1.12. The van der Waals surface area contributed by atoms with Gasteiger partial charge in [0.1, 0.15) is 11.6 Å². The number of hydrogen-bond donors (Lipinski definition) is 0. The molecule has 0 amide bonds. The van der Waals surface area contributed by atoms with Crippen molar-refractivity contribution in [1.82, 2.24) is 9.97 Å². The fourth-order valence-electron chi connectivity index (χ4n) is 2.90. The maximum absolute atomic E-state index is 4.70. The predicted molar refractivity (Wildman–Crippen MR) is 74.0 cm³/mol. The topological polar surface area (TPSA) is 29.0 Å². The van der Waals surface area contributed by atoms with Crippen LogP contribution < -0.4 is 4.90 Å². The van der Waals surface area contributed by atoms with Crippen LogP contribution in [0.1, 0.15) is 49.2 Å². The van der Waals surface area contributed by atoms with Crippen molar-refractivity contribution in [2.75, 3.05) is 18.5 Å². The first-order valence-corrected chi connectivity index (χ1v) is 7.31. The highest BCUT2D eigenvalue weighted by Crippen LogP contribution is 2.33. The number of fused-ring (bicyclic) bond motifs is 1. The number of hydrogen-bond acceptors (Lipinski definition) is 3. The number of anilines is 1. The highest BCUT2D eigenvalue weighted by atomic mass is 15.2. The SMILES string of the molecule is Cc1nc2c(c(N(C)CCC3CC3)n1)CCCC2. The maximum atomic E-state index is 4.70. The van der Waals surface area contributed by atoms with Crippen LogP contribution in [-0.4, -0.2) is 23.6 Å². The summed E-state index contributed by atoms with van der Waals surface area (Å²) < 4.78 is 0. The van der Waals surface area contributed by atoms with E-state index in [0.717, 1.165) is 24.7 Å². The molecule has 3 rings (SSSR count). The van der Waals surface area contributed by atoms with Gasteiger partial charge in [-0.3, -0.25) is 0 Å². The van der Waals surface area contributed by atoms with E-state index in [1.165, 1.54) is 55.6 Å². The quantitative estimate of drug-likeness (QED) is 0.816. The first-order chi connectivity index (χ1) is 8.74. The van der Waals surface area contributed by atoms with Gasteiger partial charge in [0.25, 0.3) is 0 Å². The lowest BCUT2D eigenvalue weighted by atomic mass is 9.96. The molecule has 2 aliphatic rings. The molecule has 18 heavy (non-hydrogen) atoms. The van der Waals surface area contributed by atoms with E-state index in [9.17, 15) is 0 Å². The maximum Gasteiger partial charge on any atom is 0.135 e. The van der Waals surface area contributed by atoms with Crippen LogP contribution in [-0.2, 0) is 12.8 Å². The molecule has 1 heterocycles. The van der Waals surface area contributed by atoms with E-state index in [-0.39, 0.29) is 0 Å². The van der Waals surface area contributed by atoms with Gasteiger partial charge in [0.15, 0.2) is 0 Å². The second kappa shape index (κ2) is 4.87. The van der Waals surface area contributed by atoms with E-state index in [1.54, 1.807) is 0 Å². The van der Waals surface area contributed by atoms with Crippen molar-refractivity contribution < 1.29 is 0 Å². The molecule has 1 saturated carbocycles. The Kier molecular flexibility index (Phi) is 3.23. The average Bonchev–Trinajstić information content (AvgIpc) is 3.19. The van der Waals surface area contributed by atoms with Gasteiger partial charge in [0, 0.05) is 24.8 Å². The lowest BCUT2D eigenvalue weighted by Gasteiger charge is -2.25. The molecule has 0 unspecified atom stereocenters. The molecule has 1 fully saturated rings. The molecular weight excluding hydrogens is 222 g/mol. The van der Waals surface area contributed by atoms with Gasteiger partial charge < -0.3 is 4.90 Å². The van der Waals surface area contributed by atoms with Crippen molar-refractivity contribution in [3.05, 3.63) is 17.1 Å². The van der Waals surface area contributed by atoms with Crippen LogP contribution in [0.3, 0.4) is 0 Å². The molecule has 1 aromatic rings. The number of aryl methyl sites for hydroxylation is 2. The summed E-state index contributed by atoms with van der Waals surface area (Å²) in [6.07, 6.45) is 9.09. The Morgan fingerprint density at radius 3 is 2.72 bits per heavy atom. The molecule has 0 N–H and O–H groups in total. The minimum absolute atomic E-state index is 0.934. The molecule has 0 saturated heterocycles. The zero-order valence-corrected chi connectivity index (χ0v) is 11.6. The lowest BCUT2D eigenvalue weighted by Crippen LogP contribution is -2.24. The molecule has 0 bridgehead atoms. The molecule has 0 atom stereocenters. The van der Waals surface area contributed by atoms with E-state index in [0.29, 0.717) is 0 Å². The van der Waals surface area contributed by atoms with Crippen LogP contribution in [0.2, 0.25) is 0 Å². The zero-order valence-electron chi connectivity index (χ0n) is 11.6. The van der Waals surface area contributed by atoms with Crippen molar-refractivity contribution >= 4 is 5.82 Å². The van der Waals surface area contributed by atoms with Crippen LogP contribution in [0.15, 0.2) is 0 Å². The van der Waals surface area contributed by atoms with Gasteiger partial charge in [0.05, 0.1) is 0 Å². The highest BCUT2D eigenvalue weighted by molar-refractivity contribution is 5.49. The molecule has 0 aliphatic heterocycles. The minimum Gasteiger partial charge on any atom is -0.359 e. The van der Waals surface area contributed by atoms with Crippen LogP contribution >= 0.6 is 0 Å². The van der Waals surface area contributed by atoms with Gasteiger partial charge in [-0.15, -0.1) is 0 Å². The van der Waals surface area contributed by atoms with Crippen molar-refractivity contribution in [2.24, 2.45) is 5.92 Å². The van der Waals surface area contributed by atoms with E-state index in [4.69, 9.17) is 4.98 Å². The summed E-state index contributed by atoms with van der Waals surface area (Å²) in [5.74, 6) is 3.13. The van der Waals surface area contributed by atoms with Gasteiger partial charge >= 0.3 is 0 Å². The van der Waals surface area contributed by atoms with Crippen molar-refractivity contribution in [1.29, 1.82) is 0 Å². The minimum atomic E-state index is 0.934. The summed E-state index contributed by atoms with van der Waals surface area (Å²) in [6, 6.07) is 0. The smallest absolute Gasteiger partial charge is 0.135 e. The Morgan fingerprint density at radius 2 is 1.94 bits per heavy atom. The normalized spacial score (nSPS) is 18.6. The standard InChI is InChI=1S/C15H23N3/c1-11-16-14-6-4-3-5-13(14)15(17-11)18(2)10-9-12-7-8-12/h12H,3-10H2,1-2H3. The van der Waals surface area contributed by atoms with Gasteiger partial charge in [0.2, 0.25) is 0 Å². The van der Waals surface area contributed by atoms with Crippen LogP contribution in [0.25, 0.3) is 0 Å². The Balaban J connectivity index is 1.81. The van der Waals surface area contributed by atoms with Crippen molar-refractivity contribution in [3.8, 4) is 0 Å². The fraction of sp³-hybridized carbons (Fsp3) is 0.733. The monoisotopic (exact) mass is 245 g/mol. The summed E-state index contributed by atoms with van der Waals surface area (Å²) in [7, 11) is 2.19. The number of aromatic nitrogens is 2.